The number of urea groups is 1. The number of furan rings is 1. The number of Topliss-reactive ketones (excluding diaryl/α,β-unsaturated/α-hetero) is 1. The number of halogens is 3. The number of carbonyl (C=O) groups excluding carboxylic acids is 2. The number of alkyl halides is 3. The molecule has 116 valence electrons. The molecule has 1 saturated heterocycles. The molecule has 1 aromatic heterocycles. The third-order valence-electron chi connectivity index (χ3n) is 3.31. The van der Waals surface area contributed by atoms with Crippen LogP contribution in [0.2, 0.25) is 0 Å². The average Bonchev–Trinajstić information content (AvgIpc) is 2.72. The fourth-order valence-electron chi connectivity index (χ4n) is 2.38. The lowest BCUT2D eigenvalue weighted by Crippen LogP contribution is -2.72. The Balaban J connectivity index is 2.53. The minimum Gasteiger partial charge on any atom is -0.464 e. The Morgan fingerprint density at radius 3 is 2.48 bits per heavy atom. The summed E-state index contributed by atoms with van der Waals surface area (Å²) in [5, 5.41) is 13.5. The van der Waals surface area contributed by atoms with Crippen LogP contribution in [0, 0.1) is 12.8 Å². The van der Waals surface area contributed by atoms with E-state index in [0.29, 0.717) is 5.76 Å². The van der Waals surface area contributed by atoms with Crippen LogP contribution in [0.15, 0.2) is 16.5 Å². The lowest BCUT2D eigenvalue weighted by molar-refractivity contribution is -0.290. The Morgan fingerprint density at radius 1 is 1.43 bits per heavy atom. The smallest absolute Gasteiger partial charge is 0.437 e. The van der Waals surface area contributed by atoms with Gasteiger partial charge in [-0.05, 0) is 26.0 Å². The minimum absolute atomic E-state index is 0.0368. The van der Waals surface area contributed by atoms with Crippen molar-refractivity contribution in [2.45, 2.75) is 31.8 Å². The summed E-state index contributed by atoms with van der Waals surface area (Å²) in [5.74, 6) is -2.55. The van der Waals surface area contributed by atoms with Crippen molar-refractivity contribution in [2.75, 3.05) is 0 Å². The second-order valence-corrected chi connectivity index (χ2v) is 4.88. The largest absolute Gasteiger partial charge is 0.464 e. The fraction of sp³-hybridized carbons (Fsp3) is 0.500. The number of nitrogens with one attached hydrogen (secondary N) is 2. The SMILES string of the molecule is CC(=O)[C@H]1[C@H](c2ccc(C)o2)NC(=O)N[C@@]1(O)C(F)(F)F. The molecule has 2 rings (SSSR count). The molecule has 0 saturated carbocycles. The van der Waals surface area contributed by atoms with Crippen molar-refractivity contribution in [1.82, 2.24) is 10.6 Å². The topological polar surface area (TPSA) is 91.6 Å². The highest BCUT2D eigenvalue weighted by Gasteiger charge is 2.66. The van der Waals surface area contributed by atoms with Crippen LogP contribution >= 0.6 is 0 Å². The van der Waals surface area contributed by atoms with Gasteiger partial charge in [-0.2, -0.15) is 13.2 Å². The van der Waals surface area contributed by atoms with Crippen molar-refractivity contribution in [1.29, 1.82) is 0 Å². The first-order valence-electron chi connectivity index (χ1n) is 6.01. The molecular formula is C12H13F3N2O4. The third kappa shape index (κ3) is 2.48. The van der Waals surface area contributed by atoms with Gasteiger partial charge in [0.15, 0.2) is 0 Å². The molecule has 3 N–H and O–H groups in total. The van der Waals surface area contributed by atoms with Gasteiger partial charge in [0.05, 0.1) is 0 Å². The van der Waals surface area contributed by atoms with Gasteiger partial charge in [0, 0.05) is 0 Å². The quantitative estimate of drug-likeness (QED) is 0.770. The minimum atomic E-state index is -5.22. The number of hydrogen-bond acceptors (Lipinski definition) is 4. The lowest BCUT2D eigenvalue weighted by Gasteiger charge is -2.43. The van der Waals surface area contributed by atoms with Crippen LogP contribution in [0.5, 0.6) is 0 Å². The molecule has 6 nitrogen and oxygen atoms in total. The molecule has 0 radical (unpaired) electrons. The molecular weight excluding hydrogens is 293 g/mol. The Morgan fingerprint density at radius 2 is 2.05 bits per heavy atom. The normalized spacial score (nSPS) is 29.7. The summed E-state index contributed by atoms with van der Waals surface area (Å²) in [6, 6.07) is 0.161. The van der Waals surface area contributed by atoms with Gasteiger partial charge < -0.3 is 20.2 Å². The number of ketones is 1. The highest BCUT2D eigenvalue weighted by Crippen LogP contribution is 2.42. The van der Waals surface area contributed by atoms with Gasteiger partial charge in [0.1, 0.15) is 29.3 Å². The van der Waals surface area contributed by atoms with Crippen LogP contribution in [0.1, 0.15) is 24.5 Å². The van der Waals surface area contributed by atoms with E-state index in [2.05, 4.69) is 5.32 Å². The van der Waals surface area contributed by atoms with Crippen LogP contribution < -0.4 is 10.6 Å². The van der Waals surface area contributed by atoms with Crippen LogP contribution in [0.4, 0.5) is 18.0 Å². The molecule has 0 bridgehead atoms. The molecule has 0 spiro atoms. The van der Waals surface area contributed by atoms with Gasteiger partial charge in [0.25, 0.3) is 0 Å². The summed E-state index contributed by atoms with van der Waals surface area (Å²) in [6.45, 7) is 2.47. The first-order valence-corrected chi connectivity index (χ1v) is 6.01. The van der Waals surface area contributed by atoms with E-state index >= 15 is 0 Å². The maximum absolute atomic E-state index is 13.1. The first kappa shape index (κ1) is 15.4. The average molecular weight is 306 g/mol. The van der Waals surface area contributed by atoms with E-state index < -0.39 is 35.7 Å². The molecule has 0 unspecified atom stereocenters. The van der Waals surface area contributed by atoms with E-state index in [9.17, 15) is 27.9 Å². The monoisotopic (exact) mass is 306 g/mol. The van der Waals surface area contributed by atoms with Crippen LogP contribution in [-0.4, -0.2) is 28.8 Å². The van der Waals surface area contributed by atoms with E-state index in [4.69, 9.17) is 4.42 Å². The van der Waals surface area contributed by atoms with Crippen molar-refractivity contribution in [2.24, 2.45) is 5.92 Å². The predicted octanol–water partition coefficient (Wildman–Crippen LogP) is 1.40. The highest BCUT2D eigenvalue weighted by atomic mass is 19.4. The molecule has 0 aromatic carbocycles. The summed E-state index contributed by atoms with van der Waals surface area (Å²) in [6.07, 6.45) is -5.22. The van der Waals surface area contributed by atoms with Crippen molar-refractivity contribution in [3.05, 3.63) is 23.7 Å². The molecule has 1 fully saturated rings. The van der Waals surface area contributed by atoms with E-state index in [1.54, 1.807) is 6.92 Å². The molecule has 2 amide bonds. The van der Waals surface area contributed by atoms with E-state index in [1.165, 1.54) is 17.4 Å². The number of aliphatic hydroxyl groups is 1. The number of rotatable bonds is 2. The van der Waals surface area contributed by atoms with Crippen LogP contribution in [0.25, 0.3) is 0 Å². The van der Waals surface area contributed by atoms with Gasteiger partial charge >= 0.3 is 12.2 Å². The predicted molar refractivity (Wildman–Crippen MR) is 63.0 cm³/mol. The number of hydrogen-bond donors (Lipinski definition) is 3. The standard InChI is InChI=1S/C12H13F3N2O4/c1-5-3-4-7(21-5)9-8(6(2)18)11(20,12(13,14)15)17-10(19)16-9/h3-4,8-9,20H,1-2H3,(H2,16,17,19)/t8-,9-,11-/m0/s1. The summed E-state index contributed by atoms with van der Waals surface area (Å²) < 4.78 is 44.6. The number of carbonyl (C=O) groups is 2. The molecule has 2 heterocycles. The first-order chi connectivity index (χ1) is 9.56. The lowest BCUT2D eigenvalue weighted by atomic mass is 9.81. The molecule has 1 aliphatic rings. The van der Waals surface area contributed by atoms with Gasteiger partial charge in [0.2, 0.25) is 5.72 Å². The van der Waals surface area contributed by atoms with E-state index in [0.717, 1.165) is 6.92 Å². The Kier molecular flexibility index (Phi) is 3.48. The molecule has 1 aromatic rings. The second kappa shape index (κ2) is 4.76. The van der Waals surface area contributed by atoms with E-state index in [1.807, 2.05) is 0 Å². The molecule has 3 atom stereocenters. The second-order valence-electron chi connectivity index (χ2n) is 4.88. The third-order valence-corrected chi connectivity index (χ3v) is 3.31. The van der Waals surface area contributed by atoms with Gasteiger partial charge in [-0.3, -0.25) is 4.79 Å². The fourth-order valence-corrected chi connectivity index (χ4v) is 2.38. The Labute approximate surface area is 117 Å². The summed E-state index contributed by atoms with van der Waals surface area (Å²) in [7, 11) is 0. The summed E-state index contributed by atoms with van der Waals surface area (Å²) in [4.78, 5) is 23.1. The summed E-state index contributed by atoms with van der Waals surface area (Å²) in [5.41, 5.74) is -3.66. The maximum atomic E-state index is 13.1. The van der Waals surface area contributed by atoms with Gasteiger partial charge in [-0.15, -0.1) is 0 Å². The Hall–Kier alpha value is -2.03. The molecule has 0 aliphatic carbocycles. The van der Waals surface area contributed by atoms with Crippen molar-refractivity contribution in [3.8, 4) is 0 Å². The maximum Gasteiger partial charge on any atom is 0.437 e. The summed E-state index contributed by atoms with van der Waals surface area (Å²) >= 11 is 0. The van der Waals surface area contributed by atoms with Crippen molar-refractivity contribution < 1.29 is 32.3 Å². The van der Waals surface area contributed by atoms with Gasteiger partial charge in [-0.25, -0.2) is 4.79 Å². The van der Waals surface area contributed by atoms with Crippen LogP contribution in [0.3, 0.4) is 0 Å². The number of aryl methyl sites for hydroxylation is 1. The highest BCUT2D eigenvalue weighted by molar-refractivity contribution is 5.85. The van der Waals surface area contributed by atoms with Gasteiger partial charge in [-0.1, -0.05) is 0 Å². The zero-order valence-electron chi connectivity index (χ0n) is 11.1. The molecule has 21 heavy (non-hydrogen) atoms. The number of amides is 2. The Bertz CT molecular complexity index is 583. The van der Waals surface area contributed by atoms with Crippen LogP contribution in [-0.2, 0) is 4.79 Å². The van der Waals surface area contributed by atoms with Crippen molar-refractivity contribution >= 4 is 11.8 Å². The van der Waals surface area contributed by atoms with E-state index in [-0.39, 0.29) is 5.76 Å². The van der Waals surface area contributed by atoms with Crippen molar-refractivity contribution in [3.63, 3.8) is 0 Å². The zero-order chi connectivity index (χ0) is 16.0. The molecule has 9 heteroatoms. The molecule has 1 aliphatic heterocycles. The zero-order valence-corrected chi connectivity index (χ0v) is 11.1.